The zero-order valence-corrected chi connectivity index (χ0v) is 12.3. The highest BCUT2D eigenvalue weighted by atomic mass is 79.9. The van der Waals surface area contributed by atoms with Gasteiger partial charge in [0.25, 0.3) is 0 Å². The van der Waals surface area contributed by atoms with Gasteiger partial charge in [0.1, 0.15) is 0 Å². The summed E-state index contributed by atoms with van der Waals surface area (Å²) in [5.41, 5.74) is 2.81. The van der Waals surface area contributed by atoms with Gasteiger partial charge in [0, 0.05) is 22.5 Å². The molecule has 1 heterocycles. The molecule has 3 aromatic rings. The van der Waals surface area contributed by atoms with Crippen molar-refractivity contribution in [3.05, 3.63) is 76.0 Å². The van der Waals surface area contributed by atoms with E-state index in [1.165, 1.54) is 0 Å². The van der Waals surface area contributed by atoms with Crippen LogP contribution in [0.15, 0.2) is 59.2 Å². The average molecular weight is 323 g/mol. The van der Waals surface area contributed by atoms with Crippen molar-refractivity contribution >= 4 is 26.7 Å². The molecule has 0 aliphatic carbocycles. The first-order chi connectivity index (χ1) is 9.78. The second kappa shape index (κ2) is 5.44. The van der Waals surface area contributed by atoms with Gasteiger partial charge in [0.2, 0.25) is 0 Å². The lowest BCUT2D eigenvalue weighted by Gasteiger charge is -2.07. The minimum absolute atomic E-state index is 0.684. The summed E-state index contributed by atoms with van der Waals surface area (Å²) in [7, 11) is 0. The van der Waals surface area contributed by atoms with Gasteiger partial charge in [-0.05, 0) is 39.0 Å². The number of fused-ring (bicyclic) bond motifs is 1. The Morgan fingerprint density at radius 3 is 2.65 bits per heavy atom. The fourth-order valence-electron chi connectivity index (χ4n) is 2.30. The fourth-order valence-corrected chi connectivity index (χ4v) is 2.75. The lowest BCUT2D eigenvalue weighted by molar-refractivity contribution is 1.09. The van der Waals surface area contributed by atoms with E-state index in [1.807, 2.05) is 42.6 Å². The maximum atomic E-state index is 8.96. The number of nitriles is 1. The standard InChI is InChI=1S/C17H11BrN2/c18-16-11-20-17(15-7-2-1-6-14(15)16)9-12-4-3-5-13(8-12)10-19/h1-8,11H,9H2. The van der Waals surface area contributed by atoms with Crippen molar-refractivity contribution in [2.45, 2.75) is 6.42 Å². The Balaban J connectivity index is 2.07. The number of pyridine rings is 1. The quantitative estimate of drug-likeness (QED) is 0.698. The molecule has 0 saturated heterocycles. The Hall–Kier alpha value is -2.18. The minimum atomic E-state index is 0.684. The van der Waals surface area contributed by atoms with Crippen LogP contribution in [0, 0.1) is 11.3 Å². The Labute approximate surface area is 125 Å². The summed E-state index contributed by atoms with van der Waals surface area (Å²) in [6.45, 7) is 0. The second-order valence-electron chi connectivity index (χ2n) is 4.59. The van der Waals surface area contributed by atoms with Crippen molar-refractivity contribution in [3.8, 4) is 6.07 Å². The summed E-state index contributed by atoms with van der Waals surface area (Å²) in [4.78, 5) is 4.53. The van der Waals surface area contributed by atoms with Crippen LogP contribution in [-0.4, -0.2) is 4.98 Å². The van der Waals surface area contributed by atoms with E-state index in [4.69, 9.17) is 5.26 Å². The highest BCUT2D eigenvalue weighted by molar-refractivity contribution is 9.10. The predicted octanol–water partition coefficient (Wildman–Crippen LogP) is 4.46. The number of rotatable bonds is 2. The Morgan fingerprint density at radius 1 is 1.05 bits per heavy atom. The van der Waals surface area contributed by atoms with Crippen LogP contribution in [0.4, 0.5) is 0 Å². The van der Waals surface area contributed by atoms with Crippen LogP contribution in [-0.2, 0) is 6.42 Å². The summed E-state index contributed by atoms with van der Waals surface area (Å²) in [5, 5.41) is 11.3. The molecular formula is C17H11BrN2. The molecule has 2 aromatic carbocycles. The predicted molar refractivity (Wildman–Crippen MR) is 83.4 cm³/mol. The molecule has 0 aliphatic heterocycles. The van der Waals surface area contributed by atoms with Gasteiger partial charge in [0.15, 0.2) is 0 Å². The summed E-state index contributed by atoms with van der Waals surface area (Å²) in [5.74, 6) is 0. The molecule has 0 radical (unpaired) electrons. The lowest BCUT2D eigenvalue weighted by Crippen LogP contribution is -1.95. The van der Waals surface area contributed by atoms with Gasteiger partial charge >= 0.3 is 0 Å². The van der Waals surface area contributed by atoms with E-state index in [0.29, 0.717) is 5.56 Å². The SMILES string of the molecule is N#Cc1cccc(Cc2ncc(Br)c3ccccc23)c1. The number of nitrogens with zero attached hydrogens (tertiary/aromatic N) is 2. The van der Waals surface area contributed by atoms with Crippen LogP contribution in [0.5, 0.6) is 0 Å². The summed E-state index contributed by atoms with van der Waals surface area (Å²) >= 11 is 3.53. The largest absolute Gasteiger partial charge is 0.259 e. The van der Waals surface area contributed by atoms with E-state index in [0.717, 1.165) is 32.9 Å². The zero-order chi connectivity index (χ0) is 13.9. The van der Waals surface area contributed by atoms with Crippen molar-refractivity contribution in [3.63, 3.8) is 0 Å². The molecule has 0 spiro atoms. The first kappa shape index (κ1) is 12.8. The first-order valence-electron chi connectivity index (χ1n) is 6.29. The van der Waals surface area contributed by atoms with Crippen molar-refractivity contribution in [2.75, 3.05) is 0 Å². The third-order valence-corrected chi connectivity index (χ3v) is 3.89. The van der Waals surface area contributed by atoms with Gasteiger partial charge < -0.3 is 0 Å². The number of hydrogen-bond acceptors (Lipinski definition) is 2. The smallest absolute Gasteiger partial charge is 0.0991 e. The molecule has 2 nitrogen and oxygen atoms in total. The molecule has 3 rings (SSSR count). The zero-order valence-electron chi connectivity index (χ0n) is 10.7. The molecule has 1 aromatic heterocycles. The van der Waals surface area contributed by atoms with Crippen LogP contribution in [0.3, 0.4) is 0 Å². The Morgan fingerprint density at radius 2 is 1.85 bits per heavy atom. The first-order valence-corrected chi connectivity index (χ1v) is 7.08. The van der Waals surface area contributed by atoms with Gasteiger partial charge in [-0.2, -0.15) is 5.26 Å². The molecule has 0 aliphatic rings. The second-order valence-corrected chi connectivity index (χ2v) is 5.44. The van der Waals surface area contributed by atoms with Crippen molar-refractivity contribution in [1.29, 1.82) is 5.26 Å². The summed E-state index contributed by atoms with van der Waals surface area (Å²) in [6.07, 6.45) is 2.56. The maximum Gasteiger partial charge on any atom is 0.0991 e. The third-order valence-electron chi connectivity index (χ3n) is 3.26. The Bertz CT molecular complexity index is 819. The number of hydrogen-bond donors (Lipinski definition) is 0. The molecule has 0 fully saturated rings. The third kappa shape index (κ3) is 2.43. The fraction of sp³-hybridized carbons (Fsp3) is 0.0588. The van der Waals surface area contributed by atoms with Crippen molar-refractivity contribution in [2.24, 2.45) is 0 Å². The molecule has 0 saturated carbocycles. The van der Waals surface area contributed by atoms with Crippen LogP contribution in [0.1, 0.15) is 16.8 Å². The van der Waals surface area contributed by atoms with Gasteiger partial charge in [0.05, 0.1) is 17.3 Å². The number of benzene rings is 2. The molecule has 0 amide bonds. The number of aromatic nitrogens is 1. The molecule has 0 atom stereocenters. The van der Waals surface area contributed by atoms with E-state index in [-0.39, 0.29) is 0 Å². The maximum absolute atomic E-state index is 8.96. The molecule has 96 valence electrons. The molecule has 3 heteroatoms. The lowest BCUT2D eigenvalue weighted by atomic mass is 10.0. The summed E-state index contributed by atoms with van der Waals surface area (Å²) < 4.78 is 1.00. The Kier molecular flexibility index (Phi) is 3.49. The van der Waals surface area contributed by atoms with Crippen LogP contribution >= 0.6 is 15.9 Å². The highest BCUT2D eigenvalue weighted by Gasteiger charge is 2.06. The highest BCUT2D eigenvalue weighted by Crippen LogP contribution is 2.26. The average Bonchev–Trinajstić information content (AvgIpc) is 2.51. The topological polar surface area (TPSA) is 36.7 Å². The van der Waals surface area contributed by atoms with Gasteiger partial charge in [-0.1, -0.05) is 36.4 Å². The van der Waals surface area contributed by atoms with Crippen LogP contribution in [0.2, 0.25) is 0 Å². The van der Waals surface area contributed by atoms with E-state index in [1.54, 1.807) is 0 Å². The minimum Gasteiger partial charge on any atom is -0.259 e. The van der Waals surface area contributed by atoms with Crippen molar-refractivity contribution < 1.29 is 0 Å². The van der Waals surface area contributed by atoms with E-state index in [9.17, 15) is 0 Å². The monoisotopic (exact) mass is 322 g/mol. The van der Waals surface area contributed by atoms with Crippen molar-refractivity contribution in [1.82, 2.24) is 4.98 Å². The van der Waals surface area contributed by atoms with E-state index in [2.05, 4.69) is 39.1 Å². The van der Waals surface area contributed by atoms with Gasteiger partial charge in [-0.15, -0.1) is 0 Å². The molecule has 20 heavy (non-hydrogen) atoms. The molecular weight excluding hydrogens is 312 g/mol. The summed E-state index contributed by atoms with van der Waals surface area (Å²) in [6, 6.07) is 18.0. The van der Waals surface area contributed by atoms with Crippen LogP contribution in [0.25, 0.3) is 10.8 Å². The molecule has 0 N–H and O–H groups in total. The van der Waals surface area contributed by atoms with Gasteiger partial charge in [-0.25, -0.2) is 0 Å². The normalized spacial score (nSPS) is 10.4. The molecule has 0 unspecified atom stereocenters. The van der Waals surface area contributed by atoms with E-state index < -0.39 is 0 Å². The van der Waals surface area contributed by atoms with Crippen LogP contribution < -0.4 is 0 Å². The van der Waals surface area contributed by atoms with E-state index >= 15 is 0 Å². The van der Waals surface area contributed by atoms with Gasteiger partial charge in [-0.3, -0.25) is 4.98 Å². The molecule has 0 bridgehead atoms. The number of halogens is 1.